The second-order valence-electron chi connectivity index (χ2n) is 6.32. The zero-order valence-corrected chi connectivity index (χ0v) is 12.4. The number of hydrogen-bond acceptors (Lipinski definition) is 2. The van der Waals surface area contributed by atoms with Crippen molar-refractivity contribution in [2.24, 2.45) is 11.8 Å². The molecule has 1 saturated carbocycles. The van der Waals surface area contributed by atoms with Crippen molar-refractivity contribution in [1.29, 1.82) is 0 Å². The van der Waals surface area contributed by atoms with E-state index in [1.54, 1.807) is 0 Å². The molecule has 0 aromatic heterocycles. The predicted octanol–water partition coefficient (Wildman–Crippen LogP) is 4.49. The van der Waals surface area contributed by atoms with Crippen molar-refractivity contribution >= 4 is 5.97 Å². The highest BCUT2D eigenvalue weighted by atomic mass is 16.6. The third-order valence-corrected chi connectivity index (χ3v) is 3.67. The van der Waals surface area contributed by atoms with Gasteiger partial charge < -0.3 is 4.74 Å². The van der Waals surface area contributed by atoms with Gasteiger partial charge in [-0.25, -0.2) is 0 Å². The van der Waals surface area contributed by atoms with Crippen molar-refractivity contribution in [2.75, 3.05) is 0 Å². The maximum absolute atomic E-state index is 12.0. The van der Waals surface area contributed by atoms with Crippen LogP contribution in [0.2, 0.25) is 0 Å². The fourth-order valence-corrected chi connectivity index (χ4v) is 2.33. The molecule has 1 aliphatic carbocycles. The lowest BCUT2D eigenvalue weighted by molar-refractivity contribution is -0.161. The molecule has 0 radical (unpaired) electrons. The molecule has 18 heavy (non-hydrogen) atoms. The zero-order valence-electron chi connectivity index (χ0n) is 12.4. The molecular formula is C16H28O2. The van der Waals surface area contributed by atoms with Crippen LogP contribution in [0.5, 0.6) is 0 Å². The highest BCUT2D eigenvalue weighted by Gasteiger charge is 2.33. The first-order valence-corrected chi connectivity index (χ1v) is 7.31. The lowest BCUT2D eigenvalue weighted by atomic mass is 10.0. The Morgan fingerprint density at radius 2 is 1.72 bits per heavy atom. The normalized spacial score (nSPS) is 20.5. The molecule has 0 spiro atoms. The van der Waals surface area contributed by atoms with Crippen LogP contribution in [0.4, 0.5) is 0 Å². The summed E-state index contributed by atoms with van der Waals surface area (Å²) in [6.45, 7) is 8.42. The fraction of sp³-hybridized carbons (Fsp3) is 0.812. The second kappa shape index (κ2) is 6.96. The summed E-state index contributed by atoms with van der Waals surface area (Å²) in [6, 6.07) is 0. The molecular weight excluding hydrogens is 224 g/mol. The van der Waals surface area contributed by atoms with Gasteiger partial charge in [0.2, 0.25) is 0 Å². The first-order valence-electron chi connectivity index (χ1n) is 7.31. The molecule has 0 aromatic carbocycles. The van der Waals surface area contributed by atoms with E-state index in [1.165, 1.54) is 12.8 Å². The molecule has 2 heteroatoms. The molecule has 0 saturated heterocycles. The molecule has 1 atom stereocenters. The monoisotopic (exact) mass is 252 g/mol. The lowest BCUT2D eigenvalue weighted by Gasteiger charge is -2.25. The lowest BCUT2D eigenvalue weighted by Crippen LogP contribution is -2.30. The summed E-state index contributed by atoms with van der Waals surface area (Å²) < 4.78 is 5.67. The summed E-state index contributed by atoms with van der Waals surface area (Å²) in [5, 5.41) is 0. The molecule has 1 unspecified atom stereocenters. The van der Waals surface area contributed by atoms with Crippen LogP contribution in [-0.2, 0) is 9.53 Å². The first-order chi connectivity index (χ1) is 8.43. The van der Waals surface area contributed by atoms with E-state index in [1.807, 2.05) is 6.92 Å². The Kier molecular flexibility index (Phi) is 5.90. The van der Waals surface area contributed by atoms with Gasteiger partial charge in [-0.05, 0) is 51.4 Å². The van der Waals surface area contributed by atoms with Gasteiger partial charge in [0.1, 0.15) is 5.60 Å². The van der Waals surface area contributed by atoms with Crippen LogP contribution in [0.25, 0.3) is 0 Å². The third kappa shape index (κ3) is 5.24. The number of carbonyl (C=O) groups is 1. The van der Waals surface area contributed by atoms with Crippen molar-refractivity contribution in [1.82, 2.24) is 0 Å². The standard InChI is InChI=1S/C16H28O2/c1-13(2)9-5-6-10-14(3)15(17)18-16(4)11-7-8-12-16/h5-6,13-14H,7-12H2,1-4H3/b6-5-. The van der Waals surface area contributed by atoms with Crippen molar-refractivity contribution < 1.29 is 9.53 Å². The number of rotatable bonds is 6. The molecule has 0 N–H and O–H groups in total. The smallest absolute Gasteiger partial charge is 0.309 e. The molecule has 0 aromatic rings. The van der Waals surface area contributed by atoms with Crippen LogP contribution in [0.1, 0.15) is 66.2 Å². The first kappa shape index (κ1) is 15.3. The number of ether oxygens (including phenoxy) is 1. The van der Waals surface area contributed by atoms with Crippen molar-refractivity contribution in [3.63, 3.8) is 0 Å². The Balaban J connectivity index is 2.30. The summed E-state index contributed by atoms with van der Waals surface area (Å²) in [7, 11) is 0. The Bertz CT molecular complexity index is 285. The second-order valence-corrected chi connectivity index (χ2v) is 6.32. The number of allylic oxidation sites excluding steroid dienone is 2. The third-order valence-electron chi connectivity index (χ3n) is 3.67. The van der Waals surface area contributed by atoms with E-state index in [9.17, 15) is 4.79 Å². The van der Waals surface area contributed by atoms with Crippen LogP contribution in [-0.4, -0.2) is 11.6 Å². The maximum atomic E-state index is 12.0. The van der Waals surface area contributed by atoms with Gasteiger partial charge in [-0.15, -0.1) is 0 Å². The minimum absolute atomic E-state index is 0.0224. The van der Waals surface area contributed by atoms with E-state index in [2.05, 4.69) is 32.9 Å². The van der Waals surface area contributed by atoms with E-state index in [0.29, 0.717) is 5.92 Å². The van der Waals surface area contributed by atoms with E-state index >= 15 is 0 Å². The average molecular weight is 252 g/mol. The van der Waals surface area contributed by atoms with Crippen molar-refractivity contribution in [3.8, 4) is 0 Å². The quantitative estimate of drug-likeness (QED) is 0.514. The van der Waals surface area contributed by atoms with Crippen molar-refractivity contribution in [2.45, 2.75) is 71.8 Å². The van der Waals surface area contributed by atoms with Gasteiger partial charge in [0.25, 0.3) is 0 Å². The minimum Gasteiger partial charge on any atom is -0.459 e. The molecule has 1 aliphatic rings. The minimum atomic E-state index is -0.188. The fourth-order valence-electron chi connectivity index (χ4n) is 2.33. The molecule has 1 rings (SSSR count). The van der Waals surface area contributed by atoms with Crippen molar-refractivity contribution in [3.05, 3.63) is 12.2 Å². The number of hydrogen-bond donors (Lipinski definition) is 0. The van der Waals surface area contributed by atoms with Crippen LogP contribution in [0.3, 0.4) is 0 Å². The van der Waals surface area contributed by atoms with Gasteiger partial charge >= 0.3 is 5.97 Å². The Hall–Kier alpha value is -0.790. The van der Waals surface area contributed by atoms with Crippen LogP contribution in [0, 0.1) is 11.8 Å². The van der Waals surface area contributed by atoms with E-state index < -0.39 is 0 Å². The molecule has 0 bridgehead atoms. The van der Waals surface area contributed by atoms with Gasteiger partial charge in [-0.3, -0.25) is 4.79 Å². The summed E-state index contributed by atoms with van der Waals surface area (Å²) >= 11 is 0. The molecule has 104 valence electrons. The topological polar surface area (TPSA) is 26.3 Å². The maximum Gasteiger partial charge on any atom is 0.309 e. The molecule has 2 nitrogen and oxygen atoms in total. The SMILES string of the molecule is CC(C)C/C=C\CC(C)C(=O)OC1(C)CCCC1. The van der Waals surface area contributed by atoms with E-state index in [4.69, 9.17) is 4.74 Å². The number of esters is 1. The van der Waals surface area contributed by atoms with Gasteiger partial charge in [0.15, 0.2) is 0 Å². The summed E-state index contributed by atoms with van der Waals surface area (Å²) in [5.74, 6) is 0.625. The van der Waals surface area contributed by atoms with E-state index in [0.717, 1.165) is 25.7 Å². The molecule has 0 amide bonds. The number of carbonyl (C=O) groups excluding carboxylic acids is 1. The Morgan fingerprint density at radius 1 is 1.17 bits per heavy atom. The molecule has 1 fully saturated rings. The predicted molar refractivity (Wildman–Crippen MR) is 75.3 cm³/mol. The van der Waals surface area contributed by atoms with Crippen LogP contribution < -0.4 is 0 Å². The Labute approximate surface area is 112 Å². The molecule has 0 aliphatic heterocycles. The summed E-state index contributed by atoms with van der Waals surface area (Å²) in [4.78, 5) is 12.0. The highest BCUT2D eigenvalue weighted by Crippen LogP contribution is 2.33. The molecule has 0 heterocycles. The van der Waals surface area contributed by atoms with E-state index in [-0.39, 0.29) is 17.5 Å². The zero-order chi connectivity index (χ0) is 13.6. The van der Waals surface area contributed by atoms with Crippen LogP contribution >= 0.6 is 0 Å². The van der Waals surface area contributed by atoms with Crippen LogP contribution in [0.15, 0.2) is 12.2 Å². The van der Waals surface area contributed by atoms with Gasteiger partial charge in [-0.2, -0.15) is 0 Å². The average Bonchev–Trinajstić information content (AvgIpc) is 2.70. The summed E-state index contributed by atoms with van der Waals surface area (Å²) in [5.41, 5.74) is -0.188. The summed E-state index contributed by atoms with van der Waals surface area (Å²) in [6.07, 6.45) is 10.6. The largest absolute Gasteiger partial charge is 0.459 e. The van der Waals surface area contributed by atoms with Gasteiger partial charge in [-0.1, -0.05) is 32.9 Å². The Morgan fingerprint density at radius 3 is 2.28 bits per heavy atom. The van der Waals surface area contributed by atoms with Gasteiger partial charge in [0.05, 0.1) is 5.92 Å². The van der Waals surface area contributed by atoms with Gasteiger partial charge in [0, 0.05) is 0 Å². The highest BCUT2D eigenvalue weighted by molar-refractivity contribution is 5.72.